The first kappa shape index (κ1) is 22.2. The number of rotatable bonds is 8. The van der Waals surface area contributed by atoms with Crippen LogP contribution in [0.1, 0.15) is 33.5 Å². The van der Waals surface area contributed by atoms with E-state index in [0.29, 0.717) is 5.69 Å². The Morgan fingerprint density at radius 3 is 2.48 bits per heavy atom. The number of hydrogen-bond acceptors (Lipinski definition) is 8. The molecular formula is C21H22N4O5S. The van der Waals surface area contributed by atoms with Gasteiger partial charge in [-0.2, -0.15) is 0 Å². The molecule has 0 aliphatic carbocycles. The van der Waals surface area contributed by atoms with Gasteiger partial charge in [-0.25, -0.2) is 9.78 Å². The van der Waals surface area contributed by atoms with Crippen molar-refractivity contribution >= 4 is 28.9 Å². The Morgan fingerprint density at radius 1 is 1.16 bits per heavy atom. The van der Waals surface area contributed by atoms with Crippen LogP contribution in [0, 0.1) is 6.92 Å². The maximum Gasteiger partial charge on any atom is 0.332 e. The van der Waals surface area contributed by atoms with Gasteiger partial charge in [0.25, 0.3) is 5.56 Å². The lowest BCUT2D eigenvalue weighted by Crippen LogP contribution is -2.44. The van der Waals surface area contributed by atoms with E-state index in [9.17, 15) is 19.2 Å². The van der Waals surface area contributed by atoms with Crippen molar-refractivity contribution in [3.63, 3.8) is 0 Å². The number of nitrogens with two attached hydrogens (primary N) is 1. The summed E-state index contributed by atoms with van der Waals surface area (Å²) in [5.41, 5.74) is 5.62. The van der Waals surface area contributed by atoms with Crippen LogP contribution in [-0.2, 0) is 29.0 Å². The Bertz CT molecular complexity index is 1230. The van der Waals surface area contributed by atoms with Gasteiger partial charge >= 0.3 is 11.7 Å². The highest BCUT2D eigenvalue weighted by molar-refractivity contribution is 7.09. The zero-order valence-corrected chi connectivity index (χ0v) is 18.0. The molecule has 0 saturated heterocycles. The number of esters is 1. The number of benzene rings is 1. The van der Waals surface area contributed by atoms with Crippen LogP contribution in [0.3, 0.4) is 0 Å². The van der Waals surface area contributed by atoms with Gasteiger partial charge in [0.2, 0.25) is 5.78 Å². The first-order valence-electron chi connectivity index (χ1n) is 9.58. The fourth-order valence-electron chi connectivity index (χ4n) is 3.08. The Morgan fingerprint density at radius 2 is 1.87 bits per heavy atom. The number of aromatic nitrogens is 3. The van der Waals surface area contributed by atoms with E-state index >= 15 is 0 Å². The highest BCUT2D eigenvalue weighted by Crippen LogP contribution is 2.11. The minimum absolute atomic E-state index is 0.0655. The minimum Gasteiger partial charge on any atom is -0.457 e. The molecule has 162 valence electrons. The van der Waals surface area contributed by atoms with Gasteiger partial charge in [-0.05, 0) is 19.4 Å². The summed E-state index contributed by atoms with van der Waals surface area (Å²) in [6.07, 6.45) is -0.0835. The van der Waals surface area contributed by atoms with Gasteiger partial charge in [-0.15, -0.1) is 11.3 Å². The number of nitrogen functional groups attached to an aromatic ring is 1. The van der Waals surface area contributed by atoms with Crippen molar-refractivity contribution in [3.05, 3.63) is 78.4 Å². The van der Waals surface area contributed by atoms with Gasteiger partial charge < -0.3 is 10.5 Å². The number of ketones is 1. The standard InChI is InChI=1S/C21H22N4O5S/c1-3-24-20(28)18(16(26)11-30-17(27)9-15-12-31-13(2)23-15)19(22)25(21(24)29)10-14-7-5-4-6-8-14/h4-8,12H,3,9-11,22H2,1-2H3. The first-order chi connectivity index (χ1) is 14.8. The molecule has 0 spiro atoms. The number of ether oxygens (including phenoxy) is 1. The zero-order valence-electron chi connectivity index (χ0n) is 17.2. The second kappa shape index (κ2) is 9.52. The minimum atomic E-state index is -0.800. The average Bonchev–Trinajstić information content (AvgIpc) is 3.15. The molecule has 0 bridgehead atoms. The summed E-state index contributed by atoms with van der Waals surface area (Å²) < 4.78 is 7.14. The van der Waals surface area contributed by atoms with E-state index in [1.54, 1.807) is 24.4 Å². The number of thiazole rings is 1. The highest BCUT2D eigenvalue weighted by atomic mass is 32.1. The summed E-state index contributed by atoms with van der Waals surface area (Å²) in [5.74, 6) is -1.67. The maximum atomic E-state index is 12.7. The third-order valence-corrected chi connectivity index (χ3v) is 5.42. The molecule has 0 unspecified atom stereocenters. The Hall–Kier alpha value is -3.53. The third-order valence-electron chi connectivity index (χ3n) is 4.60. The van der Waals surface area contributed by atoms with Gasteiger partial charge in [0, 0.05) is 11.9 Å². The van der Waals surface area contributed by atoms with Gasteiger partial charge in [0.1, 0.15) is 11.4 Å². The van der Waals surface area contributed by atoms with Crippen LogP contribution in [0.4, 0.5) is 5.82 Å². The van der Waals surface area contributed by atoms with Crippen LogP contribution < -0.4 is 17.0 Å². The lowest BCUT2D eigenvalue weighted by molar-refractivity contribution is -0.141. The van der Waals surface area contributed by atoms with E-state index in [1.807, 2.05) is 25.1 Å². The molecule has 0 fully saturated rings. The van der Waals surface area contributed by atoms with Gasteiger partial charge in [0.15, 0.2) is 6.61 Å². The molecule has 3 rings (SSSR count). The van der Waals surface area contributed by atoms with Crippen LogP contribution in [0.25, 0.3) is 0 Å². The summed E-state index contributed by atoms with van der Waals surface area (Å²) in [7, 11) is 0. The molecular weight excluding hydrogens is 420 g/mol. The van der Waals surface area contributed by atoms with E-state index in [2.05, 4.69) is 4.98 Å². The van der Waals surface area contributed by atoms with Crippen LogP contribution in [-0.4, -0.2) is 32.5 Å². The van der Waals surface area contributed by atoms with Crippen molar-refractivity contribution in [2.75, 3.05) is 12.3 Å². The molecule has 0 saturated carbocycles. The summed E-state index contributed by atoms with van der Waals surface area (Å²) in [4.78, 5) is 54.4. The lowest BCUT2D eigenvalue weighted by Gasteiger charge is -2.15. The number of Topliss-reactive ketones (excluding diaryl/α,β-unsaturated/α-hetero) is 1. The molecule has 0 atom stereocenters. The fourth-order valence-corrected chi connectivity index (χ4v) is 3.69. The molecule has 0 radical (unpaired) electrons. The number of nitrogens with zero attached hydrogens (tertiary/aromatic N) is 3. The summed E-state index contributed by atoms with van der Waals surface area (Å²) in [5, 5.41) is 2.54. The second-order valence-electron chi connectivity index (χ2n) is 6.78. The van der Waals surface area contributed by atoms with E-state index in [-0.39, 0.29) is 30.9 Å². The number of carbonyl (C=O) groups is 2. The number of hydrogen-bond donors (Lipinski definition) is 1. The fraction of sp³-hybridized carbons (Fsp3) is 0.286. The SMILES string of the molecule is CCn1c(=O)c(C(=O)COC(=O)Cc2csc(C)n2)c(N)n(Cc2ccccc2)c1=O. The monoisotopic (exact) mass is 442 g/mol. The van der Waals surface area contributed by atoms with Crippen molar-refractivity contribution in [1.29, 1.82) is 0 Å². The normalized spacial score (nSPS) is 10.8. The van der Waals surface area contributed by atoms with E-state index in [4.69, 9.17) is 10.5 Å². The molecule has 10 heteroatoms. The smallest absolute Gasteiger partial charge is 0.332 e. The lowest BCUT2D eigenvalue weighted by atomic mass is 10.2. The van der Waals surface area contributed by atoms with Crippen molar-refractivity contribution in [2.24, 2.45) is 0 Å². The molecule has 1 aromatic carbocycles. The number of anilines is 1. The molecule has 9 nitrogen and oxygen atoms in total. The van der Waals surface area contributed by atoms with Crippen molar-refractivity contribution in [2.45, 2.75) is 33.4 Å². The third kappa shape index (κ3) is 4.97. The van der Waals surface area contributed by atoms with E-state index in [1.165, 1.54) is 15.9 Å². The number of aryl methyl sites for hydroxylation is 1. The zero-order chi connectivity index (χ0) is 22.5. The topological polar surface area (TPSA) is 126 Å². The van der Waals surface area contributed by atoms with Crippen LogP contribution in [0.5, 0.6) is 0 Å². The predicted octanol–water partition coefficient (Wildman–Crippen LogP) is 1.39. The molecule has 2 N–H and O–H groups in total. The molecule has 2 heterocycles. The van der Waals surface area contributed by atoms with Crippen LogP contribution >= 0.6 is 11.3 Å². The maximum absolute atomic E-state index is 12.7. The van der Waals surface area contributed by atoms with Crippen LogP contribution in [0.15, 0.2) is 45.3 Å². The molecule has 31 heavy (non-hydrogen) atoms. The summed E-state index contributed by atoms with van der Waals surface area (Å²) in [6, 6.07) is 9.05. The Balaban J connectivity index is 1.86. The Kier molecular flexibility index (Phi) is 6.81. The molecule has 0 aliphatic rings. The molecule has 3 aromatic rings. The van der Waals surface area contributed by atoms with E-state index < -0.39 is 29.6 Å². The summed E-state index contributed by atoms with van der Waals surface area (Å²) in [6.45, 7) is 2.94. The van der Waals surface area contributed by atoms with Crippen LogP contribution in [0.2, 0.25) is 0 Å². The van der Waals surface area contributed by atoms with Crippen molar-refractivity contribution < 1.29 is 14.3 Å². The molecule has 2 aromatic heterocycles. The molecule has 0 amide bonds. The predicted molar refractivity (Wildman–Crippen MR) is 116 cm³/mol. The molecule has 0 aliphatic heterocycles. The number of carbonyl (C=O) groups excluding carboxylic acids is 2. The quantitative estimate of drug-likeness (QED) is 0.413. The van der Waals surface area contributed by atoms with Crippen molar-refractivity contribution in [3.8, 4) is 0 Å². The average molecular weight is 442 g/mol. The summed E-state index contributed by atoms with van der Waals surface area (Å²) >= 11 is 1.40. The van der Waals surface area contributed by atoms with E-state index in [0.717, 1.165) is 15.1 Å². The van der Waals surface area contributed by atoms with Gasteiger partial charge in [-0.3, -0.25) is 23.5 Å². The van der Waals surface area contributed by atoms with Gasteiger partial charge in [-0.1, -0.05) is 30.3 Å². The second-order valence-corrected chi connectivity index (χ2v) is 7.84. The first-order valence-corrected chi connectivity index (χ1v) is 10.5. The van der Waals surface area contributed by atoms with Gasteiger partial charge in [0.05, 0.1) is 23.7 Å². The largest absolute Gasteiger partial charge is 0.457 e. The highest BCUT2D eigenvalue weighted by Gasteiger charge is 2.23. The van der Waals surface area contributed by atoms with Crippen molar-refractivity contribution in [1.82, 2.24) is 14.1 Å². The Labute approximate surface area is 181 Å².